The van der Waals surface area contributed by atoms with E-state index in [1.807, 2.05) is 30.2 Å². The Hall–Kier alpha value is -2.80. The first kappa shape index (κ1) is 28.7. The first-order valence-corrected chi connectivity index (χ1v) is 16.0. The van der Waals surface area contributed by atoms with E-state index in [1.54, 1.807) is 0 Å². The molecule has 0 spiro atoms. The van der Waals surface area contributed by atoms with E-state index in [4.69, 9.17) is 31.5 Å². The molecule has 1 aliphatic heterocycles. The van der Waals surface area contributed by atoms with E-state index in [0.717, 1.165) is 107 Å². The maximum absolute atomic E-state index is 7.17. The molecule has 208 valence electrons. The highest BCUT2D eigenvalue weighted by Crippen LogP contribution is 2.40. The number of hydrogen-bond donors (Lipinski definition) is 0. The van der Waals surface area contributed by atoms with Crippen LogP contribution in [0.2, 0.25) is 5.02 Å². The third kappa shape index (κ3) is 5.67. The predicted octanol–water partition coefficient (Wildman–Crippen LogP) is 7.72. The lowest BCUT2D eigenvalue weighted by atomic mass is 9.91. The molecule has 0 atom stereocenters. The van der Waals surface area contributed by atoms with Gasteiger partial charge in [0.25, 0.3) is 0 Å². The van der Waals surface area contributed by atoms with E-state index in [9.17, 15) is 0 Å². The highest BCUT2D eigenvalue weighted by molar-refractivity contribution is 7.99. The van der Waals surface area contributed by atoms with Crippen molar-refractivity contribution in [3.8, 4) is 33.6 Å². The van der Waals surface area contributed by atoms with Gasteiger partial charge in [0.2, 0.25) is 0 Å². The Kier molecular flexibility index (Phi) is 9.19. The summed E-state index contributed by atoms with van der Waals surface area (Å²) in [6, 6.07) is 12.6. The summed E-state index contributed by atoms with van der Waals surface area (Å²) in [6.07, 6.45) is 9.44. The number of rotatable bonds is 10. The summed E-state index contributed by atoms with van der Waals surface area (Å²) in [5, 5.41) is 1.44. The number of benzene rings is 2. The summed E-state index contributed by atoms with van der Waals surface area (Å²) >= 11 is 9.11. The molecule has 0 bridgehead atoms. The molecule has 1 aliphatic rings. The summed E-state index contributed by atoms with van der Waals surface area (Å²) in [4.78, 5) is 22.1. The summed E-state index contributed by atoms with van der Waals surface area (Å²) in [5.41, 5.74) is 11.3. The zero-order chi connectivity index (χ0) is 28.2. The van der Waals surface area contributed by atoms with Crippen LogP contribution in [0, 0.1) is 0 Å². The first-order chi connectivity index (χ1) is 19.5. The zero-order valence-electron chi connectivity index (χ0n) is 24.2. The van der Waals surface area contributed by atoms with Gasteiger partial charge in [-0.3, -0.25) is 14.9 Å². The lowest BCUT2D eigenvalue weighted by molar-refractivity contribution is 0.179. The van der Waals surface area contributed by atoms with Crippen LogP contribution in [0.25, 0.3) is 33.6 Å². The number of halogens is 1. The van der Waals surface area contributed by atoms with Gasteiger partial charge in [-0.15, -0.1) is 0 Å². The Balaban J connectivity index is 1.51. The molecule has 5 rings (SSSR count). The van der Waals surface area contributed by atoms with Gasteiger partial charge in [0.15, 0.2) is 0 Å². The second-order valence-electron chi connectivity index (χ2n) is 10.3. The molecule has 40 heavy (non-hydrogen) atoms. The van der Waals surface area contributed by atoms with Crippen LogP contribution >= 0.6 is 23.4 Å². The lowest BCUT2D eigenvalue weighted by Crippen LogP contribution is -2.48. The van der Waals surface area contributed by atoms with E-state index < -0.39 is 0 Å². The van der Waals surface area contributed by atoms with Gasteiger partial charge in [-0.1, -0.05) is 75.7 Å². The second-order valence-corrected chi connectivity index (χ2v) is 11.8. The number of hydrogen-bond acceptors (Lipinski definition) is 6. The molecule has 0 N–H and O–H groups in total. The van der Waals surface area contributed by atoms with Crippen LogP contribution < -0.4 is 0 Å². The molecule has 4 aromatic rings. The Bertz CT molecular complexity index is 1500. The van der Waals surface area contributed by atoms with Crippen molar-refractivity contribution in [2.75, 3.05) is 19.3 Å². The van der Waals surface area contributed by atoms with E-state index >= 15 is 0 Å². The largest absolute Gasteiger partial charge is 0.295 e. The second kappa shape index (κ2) is 12.8. The van der Waals surface area contributed by atoms with Crippen molar-refractivity contribution in [3.05, 3.63) is 82.2 Å². The molecule has 1 fully saturated rings. The van der Waals surface area contributed by atoms with Crippen molar-refractivity contribution in [1.82, 2.24) is 24.8 Å². The molecule has 3 heterocycles. The molecule has 1 saturated heterocycles. The molecule has 2 aromatic carbocycles. The van der Waals surface area contributed by atoms with E-state index in [1.165, 1.54) is 5.56 Å². The van der Waals surface area contributed by atoms with Crippen molar-refractivity contribution in [2.45, 2.75) is 65.2 Å². The minimum atomic E-state index is 0.700. The fraction of sp³-hybridized carbons (Fsp3) is 0.394. The summed E-state index contributed by atoms with van der Waals surface area (Å²) in [6.45, 7) is 11.7. The molecule has 0 saturated carbocycles. The molecular formula is C33H38ClN5S. The van der Waals surface area contributed by atoms with Crippen molar-refractivity contribution in [2.24, 2.45) is 0 Å². The van der Waals surface area contributed by atoms with E-state index in [0.29, 0.717) is 5.02 Å². The predicted molar refractivity (Wildman–Crippen MR) is 169 cm³/mol. The monoisotopic (exact) mass is 571 g/mol. The van der Waals surface area contributed by atoms with Crippen LogP contribution in [0.15, 0.2) is 48.8 Å². The van der Waals surface area contributed by atoms with E-state index in [2.05, 4.69) is 69.2 Å². The van der Waals surface area contributed by atoms with Gasteiger partial charge in [-0.2, -0.15) is 11.8 Å². The zero-order valence-corrected chi connectivity index (χ0v) is 25.7. The molecule has 7 heteroatoms. The van der Waals surface area contributed by atoms with Crippen molar-refractivity contribution in [3.63, 3.8) is 0 Å². The Morgan fingerprint density at radius 2 is 1.27 bits per heavy atom. The number of likely N-dealkylation sites (tertiary alicyclic amines) is 1. The van der Waals surface area contributed by atoms with Gasteiger partial charge in [0, 0.05) is 41.6 Å². The topological polar surface area (TPSA) is 54.8 Å². The molecule has 0 amide bonds. The minimum Gasteiger partial charge on any atom is -0.295 e. The average molecular weight is 572 g/mol. The summed E-state index contributed by atoms with van der Waals surface area (Å²) in [5.74, 6) is 0. The number of aromatic nitrogens is 4. The van der Waals surface area contributed by atoms with Crippen LogP contribution in [-0.4, -0.2) is 49.4 Å². The van der Waals surface area contributed by atoms with E-state index in [-0.39, 0.29) is 0 Å². The van der Waals surface area contributed by atoms with Crippen LogP contribution in [0.4, 0.5) is 0 Å². The number of aryl methyl sites for hydroxylation is 3. The average Bonchev–Trinajstić information content (AvgIpc) is 2.98. The Morgan fingerprint density at radius 1 is 0.725 bits per heavy atom. The van der Waals surface area contributed by atoms with Crippen LogP contribution in [-0.2, 0) is 32.2 Å². The first-order valence-electron chi connectivity index (χ1n) is 14.4. The number of nitrogens with zero attached hydrogens (tertiary/aromatic N) is 5. The highest BCUT2D eigenvalue weighted by atomic mass is 35.5. The van der Waals surface area contributed by atoms with Crippen molar-refractivity contribution < 1.29 is 0 Å². The SMILES string of the molecule is CCc1ncc(-c2cccc(-c3cccc(-c4cnc(CN5CC(SC)C5)c(CC)n4)c3Cl)c2CC)nc1CC. The molecule has 0 aliphatic carbocycles. The maximum Gasteiger partial charge on any atom is 0.0903 e. The molecule has 0 unspecified atom stereocenters. The van der Waals surface area contributed by atoms with Crippen molar-refractivity contribution >= 4 is 23.4 Å². The van der Waals surface area contributed by atoms with Gasteiger partial charge in [0.1, 0.15) is 0 Å². The Morgan fingerprint density at radius 3 is 1.90 bits per heavy atom. The Labute approximate surface area is 247 Å². The third-order valence-corrected chi connectivity index (χ3v) is 9.24. The summed E-state index contributed by atoms with van der Waals surface area (Å²) in [7, 11) is 0. The molecule has 0 radical (unpaired) electrons. The molecular weight excluding hydrogens is 534 g/mol. The maximum atomic E-state index is 7.17. The van der Waals surface area contributed by atoms with Crippen LogP contribution in [0.3, 0.4) is 0 Å². The molecule has 5 nitrogen and oxygen atoms in total. The van der Waals surface area contributed by atoms with Gasteiger partial charge >= 0.3 is 0 Å². The fourth-order valence-corrected chi connectivity index (χ4v) is 6.61. The lowest BCUT2D eigenvalue weighted by Gasteiger charge is -2.38. The quantitative estimate of drug-likeness (QED) is 0.194. The van der Waals surface area contributed by atoms with Crippen molar-refractivity contribution in [1.29, 1.82) is 0 Å². The summed E-state index contributed by atoms with van der Waals surface area (Å²) < 4.78 is 0. The van der Waals surface area contributed by atoms with Gasteiger partial charge < -0.3 is 0 Å². The third-order valence-electron chi connectivity index (χ3n) is 7.87. The number of thioether (sulfide) groups is 1. The minimum absolute atomic E-state index is 0.700. The highest BCUT2D eigenvalue weighted by Gasteiger charge is 2.27. The molecule has 2 aromatic heterocycles. The fourth-order valence-electron chi connectivity index (χ4n) is 5.57. The smallest absolute Gasteiger partial charge is 0.0903 e. The normalized spacial score (nSPS) is 13.9. The van der Waals surface area contributed by atoms with Gasteiger partial charge in [-0.05, 0) is 43.1 Å². The van der Waals surface area contributed by atoms with Crippen LogP contribution in [0.1, 0.15) is 56.0 Å². The standard InChI is InChI=1S/C33H38ClN5S/c1-6-22-23(12-10-13-24(22)30-16-35-27(7-2)28(8-3)37-30)25-14-11-15-26(33(25)34)31-17-36-32(29(9-4)38-31)20-39-18-21(19-39)40-5/h10-17,21H,6-9,18-20H2,1-5H3. The van der Waals surface area contributed by atoms with Gasteiger partial charge in [-0.25, -0.2) is 9.97 Å². The van der Waals surface area contributed by atoms with Gasteiger partial charge in [0.05, 0.1) is 51.6 Å². The van der Waals surface area contributed by atoms with Crippen LogP contribution in [0.5, 0.6) is 0 Å².